The van der Waals surface area contributed by atoms with Gasteiger partial charge in [-0.05, 0) is 44.9 Å². The molecule has 1 fully saturated rings. The van der Waals surface area contributed by atoms with Crippen LogP contribution in [0.1, 0.15) is 39.7 Å². The topological polar surface area (TPSA) is 75.7 Å². The minimum Gasteiger partial charge on any atom is -0.459 e. The number of nitrogens with zero attached hydrogens (tertiary/aromatic N) is 1. The number of nitrogens with one attached hydrogen (secondary N) is 1. The third-order valence-corrected chi connectivity index (χ3v) is 3.75. The van der Waals surface area contributed by atoms with Crippen molar-refractivity contribution in [3.63, 3.8) is 0 Å². The van der Waals surface area contributed by atoms with Gasteiger partial charge in [-0.1, -0.05) is 19.1 Å². The molecule has 0 saturated carbocycles. The van der Waals surface area contributed by atoms with Crippen molar-refractivity contribution in [3.8, 4) is 0 Å². The number of carbonyl (C=O) groups excluding carboxylic acids is 3. The fourth-order valence-electron chi connectivity index (χ4n) is 2.65. The van der Waals surface area contributed by atoms with E-state index in [0.717, 1.165) is 4.90 Å². The number of benzene rings is 1. The summed E-state index contributed by atoms with van der Waals surface area (Å²) in [7, 11) is 0. The summed E-state index contributed by atoms with van der Waals surface area (Å²) in [5.74, 6) is -1.66. The molecule has 1 saturated heterocycles. The Morgan fingerprint density at radius 1 is 1.25 bits per heavy atom. The SMILES string of the molecule is CCC1(c2ccc(F)cc2)NC(=O)N(CC(=O)OC(C)(C)C)C1=O. The Kier molecular flexibility index (Phi) is 4.64. The van der Waals surface area contributed by atoms with Gasteiger partial charge in [0.2, 0.25) is 0 Å². The van der Waals surface area contributed by atoms with E-state index >= 15 is 0 Å². The first kappa shape index (κ1) is 17.9. The van der Waals surface area contributed by atoms with Crippen LogP contribution in [0.2, 0.25) is 0 Å². The van der Waals surface area contributed by atoms with Crippen molar-refractivity contribution in [3.05, 3.63) is 35.6 Å². The average Bonchev–Trinajstić information content (AvgIpc) is 2.71. The van der Waals surface area contributed by atoms with Crippen molar-refractivity contribution in [2.24, 2.45) is 0 Å². The first-order valence-electron chi connectivity index (χ1n) is 7.71. The van der Waals surface area contributed by atoms with Gasteiger partial charge in [0.05, 0.1) is 0 Å². The molecule has 0 aromatic heterocycles. The molecule has 0 aliphatic carbocycles. The van der Waals surface area contributed by atoms with E-state index in [4.69, 9.17) is 4.74 Å². The van der Waals surface area contributed by atoms with Gasteiger partial charge < -0.3 is 10.1 Å². The summed E-state index contributed by atoms with van der Waals surface area (Å²) in [6.07, 6.45) is 0.272. The van der Waals surface area contributed by atoms with Crippen LogP contribution in [0, 0.1) is 5.82 Å². The van der Waals surface area contributed by atoms with Gasteiger partial charge in [-0.25, -0.2) is 9.18 Å². The summed E-state index contributed by atoms with van der Waals surface area (Å²) < 4.78 is 18.3. The number of carbonyl (C=O) groups is 3. The predicted octanol–water partition coefficient (Wildman–Crippen LogP) is 2.32. The third-order valence-electron chi connectivity index (χ3n) is 3.75. The second kappa shape index (κ2) is 6.22. The van der Waals surface area contributed by atoms with Crippen LogP contribution < -0.4 is 5.32 Å². The second-order valence-electron chi connectivity index (χ2n) is 6.67. The number of imide groups is 1. The van der Waals surface area contributed by atoms with E-state index in [2.05, 4.69) is 5.32 Å². The number of halogens is 1. The molecule has 0 bridgehead atoms. The quantitative estimate of drug-likeness (QED) is 0.676. The van der Waals surface area contributed by atoms with Crippen LogP contribution in [-0.4, -0.2) is 35.0 Å². The summed E-state index contributed by atoms with van der Waals surface area (Å²) >= 11 is 0. The molecule has 130 valence electrons. The Hall–Kier alpha value is -2.44. The Morgan fingerprint density at radius 2 is 1.83 bits per heavy atom. The first-order chi connectivity index (χ1) is 11.1. The van der Waals surface area contributed by atoms with E-state index in [1.54, 1.807) is 27.7 Å². The fourth-order valence-corrected chi connectivity index (χ4v) is 2.65. The standard InChI is InChI=1S/C17H21FN2O4/c1-5-17(11-6-8-12(18)9-7-11)14(22)20(15(23)19-17)10-13(21)24-16(2,3)4/h6-9H,5,10H2,1-4H3,(H,19,23). The number of rotatable bonds is 4. The molecule has 0 radical (unpaired) electrons. The molecule has 2 rings (SSSR count). The minimum atomic E-state index is -1.30. The van der Waals surface area contributed by atoms with E-state index in [-0.39, 0.29) is 6.42 Å². The van der Waals surface area contributed by atoms with Crippen LogP contribution in [-0.2, 0) is 19.9 Å². The number of amides is 3. The fraction of sp³-hybridized carbons (Fsp3) is 0.471. The molecule has 1 aromatic carbocycles. The van der Waals surface area contributed by atoms with Gasteiger partial charge >= 0.3 is 12.0 Å². The lowest BCUT2D eigenvalue weighted by Gasteiger charge is -2.26. The Bertz CT molecular complexity index is 666. The van der Waals surface area contributed by atoms with Gasteiger partial charge in [0, 0.05) is 0 Å². The monoisotopic (exact) mass is 336 g/mol. The lowest BCUT2D eigenvalue weighted by Crippen LogP contribution is -2.44. The Morgan fingerprint density at radius 3 is 2.33 bits per heavy atom. The van der Waals surface area contributed by atoms with Crippen molar-refractivity contribution in [1.82, 2.24) is 10.2 Å². The molecular weight excluding hydrogens is 315 g/mol. The van der Waals surface area contributed by atoms with Crippen molar-refractivity contribution in [2.75, 3.05) is 6.54 Å². The van der Waals surface area contributed by atoms with Crippen LogP contribution in [0.25, 0.3) is 0 Å². The summed E-state index contributed by atoms with van der Waals surface area (Å²) in [4.78, 5) is 37.8. The molecule has 1 N–H and O–H groups in total. The zero-order valence-electron chi connectivity index (χ0n) is 14.2. The highest BCUT2D eigenvalue weighted by Crippen LogP contribution is 2.32. The number of hydrogen-bond acceptors (Lipinski definition) is 4. The molecule has 1 heterocycles. The number of urea groups is 1. The Labute approximate surface area is 140 Å². The van der Waals surface area contributed by atoms with Crippen LogP contribution in [0.4, 0.5) is 9.18 Å². The zero-order valence-corrected chi connectivity index (χ0v) is 14.2. The maximum atomic E-state index is 13.1. The van der Waals surface area contributed by atoms with E-state index in [1.807, 2.05) is 0 Å². The van der Waals surface area contributed by atoms with E-state index < -0.39 is 41.4 Å². The summed E-state index contributed by atoms with van der Waals surface area (Å²) in [5, 5.41) is 2.63. The lowest BCUT2D eigenvalue weighted by atomic mass is 9.87. The van der Waals surface area contributed by atoms with E-state index in [9.17, 15) is 18.8 Å². The maximum absolute atomic E-state index is 13.1. The van der Waals surface area contributed by atoms with Crippen LogP contribution in [0.5, 0.6) is 0 Å². The summed E-state index contributed by atoms with van der Waals surface area (Å²) in [6, 6.07) is 4.69. The highest BCUT2D eigenvalue weighted by molar-refractivity contribution is 6.09. The molecule has 7 heteroatoms. The summed E-state index contributed by atoms with van der Waals surface area (Å²) in [6.45, 7) is 6.37. The van der Waals surface area contributed by atoms with Gasteiger partial charge in [-0.15, -0.1) is 0 Å². The molecule has 1 unspecified atom stereocenters. The Balaban J connectivity index is 2.26. The highest BCUT2D eigenvalue weighted by Gasteiger charge is 2.51. The molecule has 1 atom stereocenters. The number of hydrogen-bond donors (Lipinski definition) is 1. The molecule has 1 aromatic rings. The normalized spacial score (nSPS) is 21.0. The van der Waals surface area contributed by atoms with Crippen LogP contribution in [0.15, 0.2) is 24.3 Å². The smallest absolute Gasteiger partial charge is 0.326 e. The molecular formula is C17H21FN2O4. The van der Waals surface area contributed by atoms with Gasteiger partial charge in [0.15, 0.2) is 0 Å². The van der Waals surface area contributed by atoms with Gasteiger partial charge in [0.1, 0.15) is 23.5 Å². The third kappa shape index (κ3) is 3.39. The van der Waals surface area contributed by atoms with Crippen LogP contribution >= 0.6 is 0 Å². The number of esters is 1. The zero-order chi connectivity index (χ0) is 18.1. The van der Waals surface area contributed by atoms with E-state index in [0.29, 0.717) is 5.56 Å². The van der Waals surface area contributed by atoms with Gasteiger partial charge in [-0.3, -0.25) is 14.5 Å². The average molecular weight is 336 g/mol. The van der Waals surface area contributed by atoms with Crippen molar-refractivity contribution < 1.29 is 23.5 Å². The maximum Gasteiger partial charge on any atom is 0.326 e. The molecule has 6 nitrogen and oxygen atoms in total. The van der Waals surface area contributed by atoms with Crippen molar-refractivity contribution in [1.29, 1.82) is 0 Å². The molecule has 3 amide bonds. The van der Waals surface area contributed by atoms with Gasteiger partial charge in [0.25, 0.3) is 5.91 Å². The van der Waals surface area contributed by atoms with E-state index in [1.165, 1.54) is 24.3 Å². The predicted molar refractivity (Wildman–Crippen MR) is 84.5 cm³/mol. The largest absolute Gasteiger partial charge is 0.459 e. The highest BCUT2D eigenvalue weighted by atomic mass is 19.1. The summed E-state index contributed by atoms with van der Waals surface area (Å²) in [5.41, 5.74) is -1.54. The lowest BCUT2D eigenvalue weighted by molar-refractivity contribution is -0.157. The molecule has 24 heavy (non-hydrogen) atoms. The first-order valence-corrected chi connectivity index (χ1v) is 7.71. The van der Waals surface area contributed by atoms with Crippen molar-refractivity contribution in [2.45, 2.75) is 45.3 Å². The number of ether oxygens (including phenoxy) is 1. The van der Waals surface area contributed by atoms with Crippen molar-refractivity contribution >= 4 is 17.9 Å². The van der Waals surface area contributed by atoms with Crippen LogP contribution in [0.3, 0.4) is 0 Å². The second-order valence-corrected chi connectivity index (χ2v) is 6.67. The molecule has 0 spiro atoms. The minimum absolute atomic E-state index is 0.272. The molecule has 1 aliphatic heterocycles. The molecule has 1 aliphatic rings. The van der Waals surface area contributed by atoms with Gasteiger partial charge in [-0.2, -0.15) is 0 Å².